The molecule has 1 saturated heterocycles. The van der Waals surface area contributed by atoms with Crippen LogP contribution >= 0.6 is 0 Å². The van der Waals surface area contributed by atoms with E-state index in [4.69, 9.17) is 9.57 Å². The summed E-state index contributed by atoms with van der Waals surface area (Å²) in [7, 11) is 5.35. The number of nitro groups is 1. The highest BCUT2D eigenvalue weighted by atomic mass is 16.7. The van der Waals surface area contributed by atoms with Gasteiger partial charge in [-0.15, -0.1) is 0 Å². The molecule has 13 nitrogen and oxygen atoms in total. The van der Waals surface area contributed by atoms with Gasteiger partial charge in [-0.1, -0.05) is 52.8 Å². The molecule has 4 N–H and O–H groups in total. The van der Waals surface area contributed by atoms with Crippen molar-refractivity contribution in [2.24, 2.45) is 35.0 Å². The number of amides is 2. The molecule has 0 spiro atoms. The number of ether oxygens (including phenoxy) is 1. The Kier molecular flexibility index (Phi) is 12.6. The van der Waals surface area contributed by atoms with E-state index in [1.807, 2.05) is 25.1 Å². The van der Waals surface area contributed by atoms with Crippen LogP contribution in [0.3, 0.4) is 0 Å². The van der Waals surface area contributed by atoms with Crippen LogP contribution in [0, 0.1) is 45.1 Å². The molecule has 4 aliphatic rings. The molecular weight excluding hydrogens is 678 g/mol. The van der Waals surface area contributed by atoms with Gasteiger partial charge in [0.1, 0.15) is 17.9 Å². The predicted octanol–water partition coefficient (Wildman–Crippen LogP) is 4.64. The Hall–Kier alpha value is -3.62. The van der Waals surface area contributed by atoms with Gasteiger partial charge in [-0.3, -0.25) is 24.5 Å². The van der Waals surface area contributed by atoms with Crippen molar-refractivity contribution >= 4 is 17.5 Å². The lowest BCUT2D eigenvalue weighted by atomic mass is 9.45. The van der Waals surface area contributed by atoms with E-state index in [2.05, 4.69) is 45.3 Å². The van der Waals surface area contributed by atoms with E-state index in [1.54, 1.807) is 25.1 Å². The summed E-state index contributed by atoms with van der Waals surface area (Å²) in [5.41, 5.74) is 1.70. The lowest BCUT2D eigenvalue weighted by molar-refractivity contribution is -0.384. The van der Waals surface area contributed by atoms with Crippen LogP contribution in [0.25, 0.3) is 11.1 Å². The van der Waals surface area contributed by atoms with Crippen molar-refractivity contribution < 1.29 is 34.3 Å². The molecule has 0 unspecified atom stereocenters. The van der Waals surface area contributed by atoms with Gasteiger partial charge in [0.2, 0.25) is 5.91 Å². The quantitative estimate of drug-likeness (QED) is 0.150. The van der Waals surface area contributed by atoms with Gasteiger partial charge in [0, 0.05) is 53.4 Å². The first kappa shape index (κ1) is 40.6. The smallest absolute Gasteiger partial charge is 0.270 e. The van der Waals surface area contributed by atoms with Crippen LogP contribution in [0.2, 0.25) is 0 Å². The number of hydroxylamine groups is 2. The molecule has 2 aromatic carbocycles. The third-order valence-corrected chi connectivity index (χ3v) is 12.1. The summed E-state index contributed by atoms with van der Waals surface area (Å²) in [4.78, 5) is 47.6. The number of para-hydroxylation sites is 1. The van der Waals surface area contributed by atoms with Crippen molar-refractivity contribution in [2.75, 3.05) is 34.4 Å². The van der Waals surface area contributed by atoms with E-state index in [9.17, 15) is 29.9 Å². The molecule has 2 bridgehead atoms. The second-order valence-corrected chi connectivity index (χ2v) is 16.8. The maximum Gasteiger partial charge on any atom is 0.270 e. The summed E-state index contributed by atoms with van der Waals surface area (Å²) < 4.78 is 5.93. The SMILES string of the molecule is COc1c(CN2O[C@@H](CO)[C@@H]([C@H](C)O)[C@H]2C(=O)N[C@H]2C[C@H]3C[C@@H]([C@@H]2C)C3(C)C)cccc1-c1cc(C(=O)N[C@H](CC(C)C)CN(C)C)cc([N+](=O)[O-])c1. The Morgan fingerprint density at radius 1 is 1.17 bits per heavy atom. The number of aliphatic hydroxyl groups is 2. The molecule has 3 aliphatic carbocycles. The Bertz CT molecular complexity index is 1640. The number of rotatable bonds is 15. The first-order valence-corrected chi connectivity index (χ1v) is 18.9. The number of likely N-dealkylation sites (N-methyl/N-ethyl adjacent to an activating group) is 1. The highest BCUT2D eigenvalue weighted by Crippen LogP contribution is 2.61. The minimum atomic E-state index is -0.954. The predicted molar refractivity (Wildman–Crippen MR) is 202 cm³/mol. The molecule has 2 amide bonds. The minimum Gasteiger partial charge on any atom is -0.496 e. The van der Waals surface area contributed by atoms with Crippen molar-refractivity contribution in [2.45, 2.75) is 97.7 Å². The second kappa shape index (κ2) is 16.4. The summed E-state index contributed by atoms with van der Waals surface area (Å²) in [6.07, 6.45) is 1.03. The number of methoxy groups -OCH3 is 1. The topological polar surface area (TPSA) is 167 Å². The normalized spacial score (nSPS) is 27.6. The van der Waals surface area contributed by atoms with Crippen LogP contribution in [0.4, 0.5) is 5.69 Å². The van der Waals surface area contributed by atoms with E-state index in [1.165, 1.54) is 30.7 Å². The molecule has 0 aromatic heterocycles. The summed E-state index contributed by atoms with van der Waals surface area (Å²) in [6.45, 7) is 12.9. The van der Waals surface area contributed by atoms with Gasteiger partial charge in [0.15, 0.2) is 0 Å². The molecule has 292 valence electrons. The Balaban J connectivity index is 1.45. The van der Waals surface area contributed by atoms with Gasteiger partial charge in [-0.2, -0.15) is 5.06 Å². The number of carbonyl (C=O) groups is 2. The standard InChI is InChI=1S/C40H59N5O8/c1-22(2)13-29(20-43(7)8)41-38(48)27-14-26(15-30(16-27)45(50)51)31-12-10-11-25(37(31)52-9)19-44-36(35(24(4)47)34(21-46)53-44)39(49)42-33-18-28-17-32(23(33)3)40(28,5)6/h10-12,14-16,22-24,28-29,32-36,46-47H,13,17-21H2,1-9H3,(H,41,48)(H,42,49)/t23-,24-,28+,29+,32-,33-,34-,35+,36-/m0/s1. The summed E-state index contributed by atoms with van der Waals surface area (Å²) in [6, 6.07) is 8.59. The number of carbonyl (C=O) groups excluding carboxylic acids is 2. The monoisotopic (exact) mass is 737 g/mol. The third-order valence-electron chi connectivity index (χ3n) is 12.1. The average Bonchev–Trinajstić information content (AvgIpc) is 3.46. The van der Waals surface area contributed by atoms with Crippen molar-refractivity contribution in [3.8, 4) is 16.9 Å². The van der Waals surface area contributed by atoms with E-state index in [0.717, 1.165) is 12.8 Å². The van der Waals surface area contributed by atoms with Crippen LogP contribution in [0.5, 0.6) is 5.75 Å². The summed E-state index contributed by atoms with van der Waals surface area (Å²) in [5, 5.41) is 41.2. The van der Waals surface area contributed by atoms with Crippen molar-refractivity contribution in [3.05, 3.63) is 57.6 Å². The number of nitrogens with one attached hydrogen (secondary N) is 2. The van der Waals surface area contributed by atoms with E-state index >= 15 is 0 Å². The molecule has 6 rings (SSSR count). The molecule has 0 radical (unpaired) electrons. The highest BCUT2D eigenvalue weighted by Gasteiger charge is 2.57. The van der Waals surface area contributed by atoms with Crippen LogP contribution < -0.4 is 15.4 Å². The van der Waals surface area contributed by atoms with Gasteiger partial charge in [-0.05, 0) is 81.0 Å². The molecular formula is C40H59N5O8. The maximum absolute atomic E-state index is 14.2. The lowest BCUT2D eigenvalue weighted by Crippen LogP contribution is -2.62. The lowest BCUT2D eigenvalue weighted by Gasteiger charge is -2.62. The number of hydrogen-bond acceptors (Lipinski definition) is 10. The van der Waals surface area contributed by atoms with Gasteiger partial charge >= 0.3 is 0 Å². The number of benzene rings is 2. The number of aliphatic hydroxyl groups excluding tert-OH is 2. The molecule has 53 heavy (non-hydrogen) atoms. The second-order valence-electron chi connectivity index (χ2n) is 16.8. The number of nitrogens with zero attached hydrogens (tertiary/aromatic N) is 3. The minimum absolute atomic E-state index is 0.00869. The van der Waals surface area contributed by atoms with Crippen LogP contribution in [-0.2, 0) is 16.2 Å². The first-order chi connectivity index (χ1) is 25.0. The summed E-state index contributed by atoms with van der Waals surface area (Å²) in [5.74, 6) is 0.681. The zero-order valence-electron chi connectivity index (χ0n) is 32.7. The van der Waals surface area contributed by atoms with Gasteiger partial charge in [-0.25, -0.2) is 0 Å². The van der Waals surface area contributed by atoms with Crippen LogP contribution in [0.1, 0.15) is 76.7 Å². The average molecular weight is 738 g/mol. The first-order valence-electron chi connectivity index (χ1n) is 18.9. The molecule has 13 heteroatoms. The number of nitro benzene ring substituents is 1. The molecule has 1 aliphatic heterocycles. The van der Waals surface area contributed by atoms with Gasteiger partial charge in [0.05, 0.1) is 31.3 Å². The zero-order chi connectivity index (χ0) is 38.9. The van der Waals surface area contributed by atoms with Crippen molar-refractivity contribution in [3.63, 3.8) is 0 Å². The third kappa shape index (κ3) is 8.54. The number of fused-ring (bicyclic) bond motifs is 2. The molecule has 9 atom stereocenters. The largest absolute Gasteiger partial charge is 0.496 e. The Morgan fingerprint density at radius 2 is 1.89 bits per heavy atom. The Morgan fingerprint density at radius 3 is 2.45 bits per heavy atom. The fourth-order valence-electron chi connectivity index (χ4n) is 9.29. The van der Waals surface area contributed by atoms with E-state index < -0.39 is 41.6 Å². The van der Waals surface area contributed by atoms with Crippen LogP contribution in [0.15, 0.2) is 36.4 Å². The van der Waals surface area contributed by atoms with E-state index in [-0.39, 0.29) is 41.2 Å². The van der Waals surface area contributed by atoms with Gasteiger partial charge in [0.25, 0.3) is 11.6 Å². The van der Waals surface area contributed by atoms with Crippen molar-refractivity contribution in [1.29, 1.82) is 0 Å². The highest BCUT2D eigenvalue weighted by molar-refractivity contribution is 5.97. The molecule has 2 aromatic rings. The maximum atomic E-state index is 14.2. The fourth-order valence-corrected chi connectivity index (χ4v) is 9.29. The Labute approximate surface area is 313 Å². The number of hydrogen-bond donors (Lipinski definition) is 4. The van der Waals surface area contributed by atoms with Gasteiger partial charge < -0.3 is 30.5 Å². The van der Waals surface area contributed by atoms with Crippen LogP contribution in [-0.4, -0.2) is 102 Å². The summed E-state index contributed by atoms with van der Waals surface area (Å²) >= 11 is 0. The number of non-ortho nitro benzene ring substituents is 1. The van der Waals surface area contributed by atoms with E-state index in [0.29, 0.717) is 52.7 Å². The zero-order valence-corrected chi connectivity index (χ0v) is 32.7. The molecule has 1 heterocycles. The molecule has 3 saturated carbocycles. The molecule has 4 fully saturated rings. The van der Waals surface area contributed by atoms with Crippen molar-refractivity contribution in [1.82, 2.24) is 20.6 Å². The fraction of sp³-hybridized carbons (Fsp3) is 0.650.